The maximum Gasteiger partial charge on any atom is 0.393 e. The van der Waals surface area contributed by atoms with Gasteiger partial charge in [0.1, 0.15) is 0 Å². The van der Waals surface area contributed by atoms with Crippen LogP contribution in [0, 0.1) is 5.92 Å². The minimum Gasteiger partial charge on any atom is -0.393 e. The van der Waals surface area contributed by atoms with Gasteiger partial charge in [0.05, 0.1) is 12.0 Å². The zero-order valence-electron chi connectivity index (χ0n) is 11.6. The van der Waals surface area contributed by atoms with Gasteiger partial charge in [-0.25, -0.2) is 0 Å². The van der Waals surface area contributed by atoms with E-state index in [0.29, 0.717) is 6.54 Å². The molecule has 1 aliphatic carbocycles. The lowest BCUT2D eigenvalue weighted by Crippen LogP contribution is -2.56. The van der Waals surface area contributed by atoms with Crippen LogP contribution in [-0.4, -0.2) is 40.4 Å². The second-order valence-electron chi connectivity index (χ2n) is 6.14. The standard InChI is InChI=1S/C13H24F3NO/c1-5-17(12(2,3)4)11-8-9(18)6-7-10(11)13(14,15)16/h9-11,18H,5-8H2,1-4H3. The number of hydrogen-bond acceptors (Lipinski definition) is 2. The molecule has 0 aromatic carbocycles. The SMILES string of the molecule is CCN(C1CC(O)CCC1C(F)(F)F)C(C)(C)C. The van der Waals surface area contributed by atoms with E-state index in [2.05, 4.69) is 0 Å². The van der Waals surface area contributed by atoms with Gasteiger partial charge in [0.25, 0.3) is 0 Å². The first kappa shape index (κ1) is 15.8. The average Bonchev–Trinajstić information content (AvgIpc) is 2.14. The van der Waals surface area contributed by atoms with E-state index in [-0.39, 0.29) is 24.8 Å². The average molecular weight is 267 g/mol. The maximum absolute atomic E-state index is 13.1. The van der Waals surface area contributed by atoms with Crippen LogP contribution in [0.4, 0.5) is 13.2 Å². The Hall–Kier alpha value is -0.290. The van der Waals surface area contributed by atoms with Gasteiger partial charge in [0.15, 0.2) is 0 Å². The third-order valence-electron chi connectivity index (χ3n) is 3.81. The van der Waals surface area contributed by atoms with Crippen molar-refractivity contribution in [2.75, 3.05) is 6.54 Å². The molecular formula is C13H24F3NO. The van der Waals surface area contributed by atoms with Crippen molar-refractivity contribution in [1.82, 2.24) is 4.90 Å². The molecule has 1 saturated carbocycles. The first-order valence-electron chi connectivity index (χ1n) is 6.59. The van der Waals surface area contributed by atoms with Crippen LogP contribution < -0.4 is 0 Å². The lowest BCUT2D eigenvalue weighted by atomic mass is 9.80. The second kappa shape index (κ2) is 5.37. The summed E-state index contributed by atoms with van der Waals surface area (Å²) in [6, 6.07) is -0.612. The zero-order chi connectivity index (χ0) is 14.1. The van der Waals surface area contributed by atoms with Crippen molar-refractivity contribution in [3.8, 4) is 0 Å². The Morgan fingerprint density at radius 3 is 2.11 bits per heavy atom. The van der Waals surface area contributed by atoms with Gasteiger partial charge in [-0.05, 0) is 46.6 Å². The molecular weight excluding hydrogens is 243 g/mol. The van der Waals surface area contributed by atoms with Crippen molar-refractivity contribution in [2.45, 2.75) is 70.8 Å². The van der Waals surface area contributed by atoms with Gasteiger partial charge in [-0.3, -0.25) is 4.90 Å². The molecule has 1 aliphatic rings. The Bertz CT molecular complexity index is 256. The summed E-state index contributed by atoms with van der Waals surface area (Å²) < 4.78 is 39.3. The van der Waals surface area contributed by atoms with Crippen LogP contribution in [0.25, 0.3) is 0 Å². The fourth-order valence-corrected chi connectivity index (χ4v) is 3.06. The summed E-state index contributed by atoms with van der Waals surface area (Å²) in [5, 5.41) is 9.68. The molecule has 0 saturated heterocycles. The molecule has 0 aromatic heterocycles. The van der Waals surface area contributed by atoms with E-state index in [4.69, 9.17) is 0 Å². The monoisotopic (exact) mass is 267 g/mol. The van der Waals surface area contributed by atoms with E-state index in [1.165, 1.54) is 0 Å². The molecule has 2 nitrogen and oxygen atoms in total. The molecule has 0 amide bonds. The molecule has 0 aliphatic heterocycles. The van der Waals surface area contributed by atoms with Gasteiger partial charge in [-0.2, -0.15) is 13.2 Å². The van der Waals surface area contributed by atoms with Gasteiger partial charge in [0, 0.05) is 11.6 Å². The van der Waals surface area contributed by atoms with E-state index in [0.717, 1.165) is 0 Å². The Morgan fingerprint density at radius 2 is 1.72 bits per heavy atom. The molecule has 1 rings (SSSR count). The van der Waals surface area contributed by atoms with Gasteiger partial charge >= 0.3 is 6.18 Å². The topological polar surface area (TPSA) is 23.5 Å². The molecule has 1 fully saturated rings. The molecule has 18 heavy (non-hydrogen) atoms. The molecule has 0 radical (unpaired) electrons. The molecule has 3 atom stereocenters. The molecule has 1 N–H and O–H groups in total. The van der Waals surface area contributed by atoms with Gasteiger partial charge < -0.3 is 5.11 Å². The molecule has 108 valence electrons. The highest BCUT2D eigenvalue weighted by molar-refractivity contribution is 4.94. The lowest BCUT2D eigenvalue weighted by molar-refractivity contribution is -0.209. The zero-order valence-corrected chi connectivity index (χ0v) is 11.6. The van der Waals surface area contributed by atoms with E-state index < -0.39 is 24.2 Å². The Balaban J connectivity index is 2.97. The van der Waals surface area contributed by atoms with E-state index in [1.807, 2.05) is 32.6 Å². The van der Waals surface area contributed by atoms with Crippen LogP contribution >= 0.6 is 0 Å². The highest BCUT2D eigenvalue weighted by atomic mass is 19.4. The molecule has 0 bridgehead atoms. The first-order chi connectivity index (χ1) is 8.07. The number of halogens is 3. The predicted octanol–water partition coefficient (Wildman–Crippen LogP) is 3.20. The molecule has 0 aromatic rings. The number of nitrogens with zero attached hydrogens (tertiary/aromatic N) is 1. The van der Waals surface area contributed by atoms with Crippen molar-refractivity contribution in [3.63, 3.8) is 0 Å². The van der Waals surface area contributed by atoms with Crippen molar-refractivity contribution >= 4 is 0 Å². The van der Waals surface area contributed by atoms with E-state index in [1.54, 1.807) is 0 Å². The van der Waals surface area contributed by atoms with Crippen LogP contribution in [0.2, 0.25) is 0 Å². The largest absolute Gasteiger partial charge is 0.393 e. The minimum atomic E-state index is -4.18. The summed E-state index contributed by atoms with van der Waals surface area (Å²) in [5.41, 5.74) is -0.319. The van der Waals surface area contributed by atoms with Crippen molar-refractivity contribution in [1.29, 1.82) is 0 Å². The first-order valence-corrected chi connectivity index (χ1v) is 6.59. The Labute approximate surface area is 107 Å². The smallest absolute Gasteiger partial charge is 0.393 e. The third-order valence-corrected chi connectivity index (χ3v) is 3.81. The van der Waals surface area contributed by atoms with E-state index >= 15 is 0 Å². The number of alkyl halides is 3. The summed E-state index contributed by atoms with van der Waals surface area (Å²) in [6.07, 6.45) is -4.28. The molecule has 5 heteroatoms. The van der Waals surface area contributed by atoms with Crippen LogP contribution in [0.1, 0.15) is 47.0 Å². The van der Waals surface area contributed by atoms with Gasteiger partial charge in [0.2, 0.25) is 0 Å². The van der Waals surface area contributed by atoms with Crippen LogP contribution in [0.5, 0.6) is 0 Å². The summed E-state index contributed by atoms with van der Waals surface area (Å²) in [6.45, 7) is 8.20. The number of aliphatic hydroxyl groups is 1. The van der Waals surface area contributed by atoms with Crippen LogP contribution in [-0.2, 0) is 0 Å². The lowest BCUT2D eigenvalue weighted by Gasteiger charge is -2.47. The highest BCUT2D eigenvalue weighted by Crippen LogP contribution is 2.41. The molecule has 3 unspecified atom stereocenters. The summed E-state index contributed by atoms with van der Waals surface area (Å²) in [7, 11) is 0. The predicted molar refractivity (Wildman–Crippen MR) is 65.3 cm³/mol. The highest BCUT2D eigenvalue weighted by Gasteiger charge is 2.50. The van der Waals surface area contributed by atoms with Crippen molar-refractivity contribution in [2.24, 2.45) is 5.92 Å². The molecule has 0 heterocycles. The summed E-state index contributed by atoms with van der Waals surface area (Å²) in [4.78, 5) is 1.87. The van der Waals surface area contributed by atoms with Crippen LogP contribution in [0.15, 0.2) is 0 Å². The van der Waals surface area contributed by atoms with E-state index in [9.17, 15) is 18.3 Å². The quantitative estimate of drug-likeness (QED) is 0.830. The van der Waals surface area contributed by atoms with Crippen molar-refractivity contribution < 1.29 is 18.3 Å². The van der Waals surface area contributed by atoms with Gasteiger partial charge in [-0.15, -0.1) is 0 Å². The number of rotatable bonds is 2. The second-order valence-corrected chi connectivity index (χ2v) is 6.14. The summed E-state index contributed by atoms with van der Waals surface area (Å²) >= 11 is 0. The third kappa shape index (κ3) is 3.60. The van der Waals surface area contributed by atoms with Crippen LogP contribution in [0.3, 0.4) is 0 Å². The maximum atomic E-state index is 13.1. The summed E-state index contributed by atoms with van der Waals surface area (Å²) in [5.74, 6) is -1.32. The molecule has 0 spiro atoms. The Morgan fingerprint density at radius 1 is 1.17 bits per heavy atom. The minimum absolute atomic E-state index is 0.0297. The fourth-order valence-electron chi connectivity index (χ4n) is 3.06. The Kier molecular flexibility index (Phi) is 4.70. The number of hydrogen-bond donors (Lipinski definition) is 1. The normalized spacial score (nSPS) is 30.8. The van der Waals surface area contributed by atoms with Crippen molar-refractivity contribution in [3.05, 3.63) is 0 Å². The van der Waals surface area contributed by atoms with Gasteiger partial charge in [-0.1, -0.05) is 6.92 Å². The fraction of sp³-hybridized carbons (Fsp3) is 1.00. The number of aliphatic hydroxyl groups excluding tert-OH is 1.